The fourth-order valence-corrected chi connectivity index (χ4v) is 3.86. The fraction of sp³-hybridized carbons (Fsp3) is 0.238. The summed E-state index contributed by atoms with van der Waals surface area (Å²) >= 11 is 6.86. The molecule has 0 bridgehead atoms. The van der Waals surface area contributed by atoms with Crippen LogP contribution < -0.4 is 14.2 Å². The van der Waals surface area contributed by atoms with Gasteiger partial charge in [-0.2, -0.15) is 0 Å². The first-order chi connectivity index (χ1) is 14.4. The molecule has 3 rings (SSSR count). The number of rotatable bonds is 8. The van der Waals surface area contributed by atoms with Crippen molar-refractivity contribution in [2.75, 3.05) is 26.9 Å². The number of imide groups is 1. The Bertz CT molecular complexity index is 993. The van der Waals surface area contributed by atoms with Crippen LogP contribution in [0.15, 0.2) is 41.3 Å². The topological polar surface area (TPSA) is 85.3 Å². The summed E-state index contributed by atoms with van der Waals surface area (Å²) in [5.74, 6) is 0.722. The highest BCUT2D eigenvalue weighted by Gasteiger charge is 2.35. The van der Waals surface area contributed by atoms with Gasteiger partial charge in [-0.3, -0.25) is 14.5 Å². The van der Waals surface area contributed by atoms with Crippen molar-refractivity contribution in [3.8, 4) is 23.0 Å². The van der Waals surface area contributed by atoms with Gasteiger partial charge in [-0.1, -0.05) is 23.7 Å². The molecule has 30 heavy (non-hydrogen) atoms. The number of amides is 2. The molecular weight excluding hydrogens is 430 g/mol. The van der Waals surface area contributed by atoms with E-state index in [1.807, 2.05) is 6.07 Å². The Hall–Kier alpha value is -2.84. The van der Waals surface area contributed by atoms with E-state index in [0.717, 1.165) is 16.7 Å². The maximum Gasteiger partial charge on any atom is 0.293 e. The predicted octanol–water partition coefficient (Wildman–Crippen LogP) is 4.57. The third kappa shape index (κ3) is 4.83. The van der Waals surface area contributed by atoms with Gasteiger partial charge in [0.05, 0.1) is 30.2 Å². The van der Waals surface area contributed by atoms with Crippen LogP contribution in [-0.4, -0.2) is 48.0 Å². The zero-order valence-electron chi connectivity index (χ0n) is 16.4. The molecule has 0 aliphatic carbocycles. The number of nitrogens with zero attached hydrogens (tertiary/aromatic N) is 1. The molecular formula is C21H20ClNO6S. The van der Waals surface area contributed by atoms with Crippen LogP contribution in [0.25, 0.3) is 6.08 Å². The summed E-state index contributed by atoms with van der Waals surface area (Å²) < 4.78 is 16.2. The van der Waals surface area contributed by atoms with E-state index in [-0.39, 0.29) is 39.8 Å². The Morgan fingerprint density at radius 2 is 1.87 bits per heavy atom. The number of hydrogen-bond donors (Lipinski definition) is 1. The van der Waals surface area contributed by atoms with Crippen LogP contribution >= 0.6 is 23.4 Å². The smallest absolute Gasteiger partial charge is 0.293 e. The van der Waals surface area contributed by atoms with Crippen molar-refractivity contribution in [1.82, 2.24) is 4.90 Å². The molecule has 1 heterocycles. The highest BCUT2D eigenvalue weighted by molar-refractivity contribution is 8.18. The second-order valence-corrected chi connectivity index (χ2v) is 7.52. The molecule has 0 saturated carbocycles. The molecule has 0 aromatic heterocycles. The third-order valence-electron chi connectivity index (χ3n) is 4.16. The van der Waals surface area contributed by atoms with Crippen LogP contribution in [0, 0.1) is 0 Å². The maximum atomic E-state index is 12.7. The normalized spacial score (nSPS) is 15.0. The number of benzene rings is 2. The number of phenolic OH excluding ortho intramolecular Hbond substituents is 1. The Morgan fingerprint density at radius 1 is 1.13 bits per heavy atom. The first-order valence-corrected chi connectivity index (χ1v) is 10.3. The van der Waals surface area contributed by atoms with Crippen molar-refractivity contribution in [2.45, 2.75) is 6.92 Å². The van der Waals surface area contributed by atoms with Crippen LogP contribution in [0.3, 0.4) is 0 Å². The predicted molar refractivity (Wildman–Crippen MR) is 115 cm³/mol. The number of halogens is 1. The lowest BCUT2D eigenvalue weighted by atomic mass is 10.2. The summed E-state index contributed by atoms with van der Waals surface area (Å²) in [6.45, 7) is 2.35. The van der Waals surface area contributed by atoms with Gasteiger partial charge in [0.2, 0.25) is 0 Å². The summed E-state index contributed by atoms with van der Waals surface area (Å²) in [6, 6.07) is 10.2. The zero-order chi connectivity index (χ0) is 21.7. The van der Waals surface area contributed by atoms with E-state index in [4.69, 9.17) is 25.8 Å². The van der Waals surface area contributed by atoms with Gasteiger partial charge in [-0.25, -0.2) is 0 Å². The molecule has 1 fully saturated rings. The third-order valence-corrected chi connectivity index (χ3v) is 5.36. The highest BCUT2D eigenvalue weighted by Crippen LogP contribution is 2.38. The summed E-state index contributed by atoms with van der Waals surface area (Å²) in [5.41, 5.74) is 0.539. The Labute approximate surface area is 183 Å². The zero-order valence-corrected chi connectivity index (χ0v) is 18.0. The fourth-order valence-electron chi connectivity index (χ4n) is 2.77. The molecule has 158 valence electrons. The first kappa shape index (κ1) is 21.9. The van der Waals surface area contributed by atoms with Crippen LogP contribution in [-0.2, 0) is 4.79 Å². The number of thioether (sulfide) groups is 1. The highest BCUT2D eigenvalue weighted by atomic mass is 35.5. The van der Waals surface area contributed by atoms with E-state index in [1.54, 1.807) is 37.3 Å². The number of para-hydroxylation sites is 2. The van der Waals surface area contributed by atoms with Crippen LogP contribution in [0.1, 0.15) is 12.5 Å². The Balaban J connectivity index is 1.70. The van der Waals surface area contributed by atoms with Crippen LogP contribution in [0.5, 0.6) is 23.0 Å². The lowest BCUT2D eigenvalue weighted by Crippen LogP contribution is -2.32. The van der Waals surface area contributed by atoms with Crippen molar-refractivity contribution in [2.24, 2.45) is 0 Å². The summed E-state index contributed by atoms with van der Waals surface area (Å²) in [5, 5.41) is 9.65. The van der Waals surface area contributed by atoms with Crippen molar-refractivity contribution in [1.29, 1.82) is 0 Å². The van der Waals surface area contributed by atoms with Gasteiger partial charge in [-0.15, -0.1) is 0 Å². The van der Waals surface area contributed by atoms with Gasteiger partial charge < -0.3 is 19.3 Å². The minimum atomic E-state index is -0.421. The van der Waals surface area contributed by atoms with E-state index in [9.17, 15) is 14.7 Å². The van der Waals surface area contributed by atoms with Gasteiger partial charge >= 0.3 is 0 Å². The van der Waals surface area contributed by atoms with E-state index in [1.165, 1.54) is 13.2 Å². The molecule has 2 amide bonds. The molecule has 1 aliphatic rings. The van der Waals surface area contributed by atoms with E-state index >= 15 is 0 Å². The van der Waals surface area contributed by atoms with Gasteiger partial charge in [-0.05, 0) is 54.6 Å². The number of carbonyl (C=O) groups excluding carboxylic acids is 2. The molecule has 7 nitrogen and oxygen atoms in total. The van der Waals surface area contributed by atoms with E-state index in [0.29, 0.717) is 23.7 Å². The standard InChI is InChI=1S/C21H20ClNO6S/c1-3-28-17-11-13(10-14(22)19(17)24)12-18-20(25)23(21(26)30-18)8-9-29-16-7-5-4-6-15(16)27-2/h4-7,10-12,24H,3,8-9H2,1-2H3/b18-12-. The molecule has 1 saturated heterocycles. The average molecular weight is 450 g/mol. The van der Waals surface area contributed by atoms with E-state index in [2.05, 4.69) is 0 Å². The molecule has 9 heteroatoms. The molecule has 0 radical (unpaired) electrons. The minimum Gasteiger partial charge on any atom is -0.503 e. The Kier molecular flexibility index (Phi) is 7.12. The maximum absolute atomic E-state index is 12.7. The molecule has 1 N–H and O–H groups in total. The summed E-state index contributed by atoms with van der Waals surface area (Å²) in [4.78, 5) is 26.3. The number of carbonyl (C=O) groups is 2. The lowest BCUT2D eigenvalue weighted by Gasteiger charge is -2.14. The van der Waals surface area contributed by atoms with Crippen molar-refractivity contribution < 1.29 is 28.9 Å². The van der Waals surface area contributed by atoms with Crippen molar-refractivity contribution in [3.63, 3.8) is 0 Å². The van der Waals surface area contributed by atoms with Crippen molar-refractivity contribution >= 4 is 40.6 Å². The molecule has 0 atom stereocenters. The van der Waals surface area contributed by atoms with Gasteiger partial charge in [0, 0.05) is 0 Å². The SMILES string of the molecule is CCOc1cc(/C=C2\SC(=O)N(CCOc3ccccc3OC)C2=O)cc(Cl)c1O. The monoisotopic (exact) mass is 449 g/mol. The van der Waals surface area contributed by atoms with Gasteiger partial charge in [0.15, 0.2) is 23.0 Å². The van der Waals surface area contributed by atoms with Gasteiger partial charge in [0.25, 0.3) is 11.1 Å². The summed E-state index contributed by atoms with van der Waals surface area (Å²) in [6.07, 6.45) is 1.54. The van der Waals surface area contributed by atoms with Crippen LogP contribution in [0.4, 0.5) is 4.79 Å². The number of methoxy groups -OCH3 is 1. The molecule has 0 spiro atoms. The van der Waals surface area contributed by atoms with Gasteiger partial charge in [0.1, 0.15) is 6.61 Å². The number of hydrogen-bond acceptors (Lipinski definition) is 7. The molecule has 1 aliphatic heterocycles. The van der Waals surface area contributed by atoms with E-state index < -0.39 is 5.91 Å². The second-order valence-electron chi connectivity index (χ2n) is 6.12. The molecule has 2 aromatic carbocycles. The first-order valence-electron chi connectivity index (χ1n) is 9.11. The largest absolute Gasteiger partial charge is 0.503 e. The Morgan fingerprint density at radius 3 is 2.57 bits per heavy atom. The quantitative estimate of drug-likeness (QED) is 0.591. The average Bonchev–Trinajstić information content (AvgIpc) is 2.99. The number of ether oxygens (including phenoxy) is 3. The number of phenols is 1. The second kappa shape index (κ2) is 9.77. The number of aromatic hydroxyl groups is 1. The minimum absolute atomic E-state index is 0.0941. The lowest BCUT2D eigenvalue weighted by molar-refractivity contribution is -0.123. The molecule has 2 aromatic rings. The van der Waals surface area contributed by atoms with Crippen LogP contribution in [0.2, 0.25) is 5.02 Å². The van der Waals surface area contributed by atoms with Crippen molar-refractivity contribution in [3.05, 3.63) is 51.9 Å². The summed E-state index contributed by atoms with van der Waals surface area (Å²) in [7, 11) is 1.54. The molecule has 0 unspecified atom stereocenters.